The second kappa shape index (κ2) is 5.51. The Balaban J connectivity index is 1.66. The van der Waals surface area contributed by atoms with Gasteiger partial charge in [-0.2, -0.15) is 5.10 Å². The first-order valence-corrected chi connectivity index (χ1v) is 8.37. The third-order valence-corrected chi connectivity index (χ3v) is 5.13. The van der Waals surface area contributed by atoms with Gasteiger partial charge in [0.25, 0.3) is 0 Å². The van der Waals surface area contributed by atoms with Crippen molar-refractivity contribution >= 4 is 0 Å². The van der Waals surface area contributed by atoms with Crippen LogP contribution in [0.2, 0.25) is 0 Å². The van der Waals surface area contributed by atoms with Gasteiger partial charge in [-0.05, 0) is 75.8 Å². The standard InChI is InChI=1S/C17H29N3/c1-4-6-18-12-17(9-14-8-15(14)10-17)11-16-5-7-20(19-16)13(2)3/h5,7,13-15,18H,4,6,8-12H2,1-3H3. The number of hydrogen-bond donors (Lipinski definition) is 1. The molecule has 112 valence electrons. The van der Waals surface area contributed by atoms with Gasteiger partial charge < -0.3 is 5.32 Å². The molecule has 0 spiro atoms. The largest absolute Gasteiger partial charge is 0.316 e. The van der Waals surface area contributed by atoms with Gasteiger partial charge >= 0.3 is 0 Å². The summed E-state index contributed by atoms with van der Waals surface area (Å²) < 4.78 is 2.10. The van der Waals surface area contributed by atoms with Gasteiger partial charge in [0.15, 0.2) is 0 Å². The first-order valence-electron chi connectivity index (χ1n) is 8.37. The van der Waals surface area contributed by atoms with Crippen LogP contribution in [0, 0.1) is 17.3 Å². The number of hydrogen-bond acceptors (Lipinski definition) is 2. The first-order chi connectivity index (χ1) is 9.62. The van der Waals surface area contributed by atoms with Gasteiger partial charge in [0.2, 0.25) is 0 Å². The van der Waals surface area contributed by atoms with Crippen LogP contribution in [0.15, 0.2) is 12.3 Å². The van der Waals surface area contributed by atoms with E-state index in [1.165, 1.54) is 37.9 Å². The monoisotopic (exact) mass is 275 g/mol. The smallest absolute Gasteiger partial charge is 0.0630 e. The molecule has 2 atom stereocenters. The van der Waals surface area contributed by atoms with Crippen molar-refractivity contribution in [3.8, 4) is 0 Å². The summed E-state index contributed by atoms with van der Waals surface area (Å²) >= 11 is 0. The molecule has 1 aromatic rings. The Kier molecular flexibility index (Phi) is 3.89. The molecule has 0 saturated heterocycles. The third kappa shape index (κ3) is 2.93. The fourth-order valence-corrected chi connectivity index (χ4v) is 4.03. The van der Waals surface area contributed by atoms with Crippen LogP contribution in [0.1, 0.15) is 58.2 Å². The molecule has 2 aliphatic carbocycles. The van der Waals surface area contributed by atoms with Crippen LogP contribution in [0.25, 0.3) is 0 Å². The molecule has 2 aliphatic rings. The molecular formula is C17H29N3. The SMILES string of the molecule is CCCNCC1(Cc2ccn(C(C)C)n2)CC2CC2C1. The first kappa shape index (κ1) is 14.1. The fourth-order valence-electron chi connectivity index (χ4n) is 4.03. The zero-order valence-electron chi connectivity index (χ0n) is 13.2. The van der Waals surface area contributed by atoms with Crippen molar-refractivity contribution in [2.24, 2.45) is 17.3 Å². The second-order valence-corrected chi connectivity index (χ2v) is 7.40. The molecule has 0 aromatic carbocycles. The van der Waals surface area contributed by atoms with E-state index in [1.54, 1.807) is 0 Å². The third-order valence-electron chi connectivity index (χ3n) is 5.13. The summed E-state index contributed by atoms with van der Waals surface area (Å²) in [6.07, 6.45) is 8.87. The van der Waals surface area contributed by atoms with Gasteiger partial charge in [0.1, 0.15) is 0 Å². The van der Waals surface area contributed by atoms with Gasteiger partial charge in [-0.1, -0.05) is 6.92 Å². The lowest BCUT2D eigenvalue weighted by atomic mass is 9.78. The summed E-state index contributed by atoms with van der Waals surface area (Å²) in [5, 5.41) is 8.45. The van der Waals surface area contributed by atoms with Crippen LogP contribution in [0.3, 0.4) is 0 Å². The maximum absolute atomic E-state index is 4.78. The van der Waals surface area contributed by atoms with Crippen LogP contribution in [0.4, 0.5) is 0 Å². The van der Waals surface area contributed by atoms with Crippen molar-refractivity contribution in [3.05, 3.63) is 18.0 Å². The molecule has 0 aliphatic heterocycles. The van der Waals surface area contributed by atoms with E-state index in [1.807, 2.05) is 0 Å². The van der Waals surface area contributed by atoms with E-state index in [9.17, 15) is 0 Å². The van der Waals surface area contributed by atoms with E-state index in [2.05, 4.69) is 43.0 Å². The Hall–Kier alpha value is -0.830. The summed E-state index contributed by atoms with van der Waals surface area (Å²) in [5.74, 6) is 2.07. The zero-order chi connectivity index (χ0) is 14.2. The zero-order valence-corrected chi connectivity index (χ0v) is 13.2. The molecule has 3 rings (SSSR count). The van der Waals surface area contributed by atoms with E-state index >= 15 is 0 Å². The number of nitrogens with zero attached hydrogens (tertiary/aromatic N) is 2. The highest BCUT2D eigenvalue weighted by molar-refractivity contribution is 5.11. The Morgan fingerprint density at radius 1 is 1.40 bits per heavy atom. The molecule has 0 radical (unpaired) electrons. The topological polar surface area (TPSA) is 29.9 Å². The highest BCUT2D eigenvalue weighted by atomic mass is 15.3. The summed E-state index contributed by atoms with van der Waals surface area (Å²) in [6.45, 7) is 8.97. The maximum atomic E-state index is 4.78. The summed E-state index contributed by atoms with van der Waals surface area (Å²) in [7, 11) is 0. The number of rotatable bonds is 7. The molecule has 1 aromatic heterocycles. The summed E-state index contributed by atoms with van der Waals surface area (Å²) in [5.41, 5.74) is 1.78. The van der Waals surface area contributed by atoms with E-state index in [-0.39, 0.29) is 0 Å². The molecule has 2 saturated carbocycles. The molecule has 20 heavy (non-hydrogen) atoms. The highest BCUT2D eigenvalue weighted by Gasteiger charge is 2.53. The van der Waals surface area contributed by atoms with E-state index < -0.39 is 0 Å². The molecule has 0 bridgehead atoms. The van der Waals surface area contributed by atoms with Crippen LogP contribution in [-0.2, 0) is 6.42 Å². The molecule has 1 heterocycles. The molecular weight excluding hydrogens is 246 g/mol. The number of nitrogens with one attached hydrogen (secondary N) is 1. The van der Waals surface area contributed by atoms with E-state index in [0.29, 0.717) is 11.5 Å². The van der Waals surface area contributed by atoms with Gasteiger partial charge in [-0.3, -0.25) is 4.68 Å². The van der Waals surface area contributed by atoms with Gasteiger partial charge in [0, 0.05) is 18.8 Å². The molecule has 2 unspecified atom stereocenters. The van der Waals surface area contributed by atoms with E-state index in [0.717, 1.165) is 24.8 Å². The van der Waals surface area contributed by atoms with Crippen molar-refractivity contribution in [3.63, 3.8) is 0 Å². The lowest BCUT2D eigenvalue weighted by Gasteiger charge is -2.30. The second-order valence-electron chi connectivity index (χ2n) is 7.40. The molecule has 3 heteroatoms. The van der Waals surface area contributed by atoms with Crippen molar-refractivity contribution in [2.45, 2.75) is 58.9 Å². The molecule has 1 N–H and O–H groups in total. The molecule has 3 nitrogen and oxygen atoms in total. The highest BCUT2D eigenvalue weighted by Crippen LogP contribution is 2.60. The van der Waals surface area contributed by atoms with Gasteiger partial charge in [-0.25, -0.2) is 0 Å². The lowest BCUT2D eigenvalue weighted by Crippen LogP contribution is -2.35. The fraction of sp³-hybridized carbons (Fsp3) is 0.824. The van der Waals surface area contributed by atoms with Gasteiger partial charge in [-0.15, -0.1) is 0 Å². The summed E-state index contributed by atoms with van der Waals surface area (Å²) in [4.78, 5) is 0. The normalized spacial score (nSPS) is 31.8. The maximum Gasteiger partial charge on any atom is 0.0630 e. The minimum Gasteiger partial charge on any atom is -0.316 e. The van der Waals surface area contributed by atoms with Crippen LogP contribution in [-0.4, -0.2) is 22.9 Å². The number of aromatic nitrogens is 2. The predicted molar refractivity (Wildman–Crippen MR) is 82.7 cm³/mol. The van der Waals surface area contributed by atoms with Crippen LogP contribution in [0.5, 0.6) is 0 Å². The molecule has 0 amide bonds. The van der Waals surface area contributed by atoms with Gasteiger partial charge in [0.05, 0.1) is 5.69 Å². The Morgan fingerprint density at radius 3 is 2.75 bits per heavy atom. The minimum absolute atomic E-state index is 0.467. The Labute approximate surface area is 123 Å². The minimum atomic E-state index is 0.467. The van der Waals surface area contributed by atoms with Crippen molar-refractivity contribution in [1.82, 2.24) is 15.1 Å². The van der Waals surface area contributed by atoms with Crippen LogP contribution >= 0.6 is 0 Å². The summed E-state index contributed by atoms with van der Waals surface area (Å²) in [6, 6.07) is 2.70. The number of fused-ring (bicyclic) bond motifs is 1. The van der Waals surface area contributed by atoms with Crippen molar-refractivity contribution in [1.29, 1.82) is 0 Å². The van der Waals surface area contributed by atoms with Crippen LogP contribution < -0.4 is 5.32 Å². The quantitative estimate of drug-likeness (QED) is 0.773. The Bertz CT molecular complexity index is 439. The Morgan fingerprint density at radius 2 is 2.15 bits per heavy atom. The average molecular weight is 275 g/mol. The average Bonchev–Trinajstić information content (AvgIpc) is 2.85. The predicted octanol–water partition coefficient (Wildman–Crippen LogP) is 3.42. The lowest BCUT2D eigenvalue weighted by molar-refractivity contribution is 0.245. The van der Waals surface area contributed by atoms with Crippen molar-refractivity contribution < 1.29 is 0 Å². The van der Waals surface area contributed by atoms with E-state index in [4.69, 9.17) is 5.10 Å². The van der Waals surface area contributed by atoms with Crippen molar-refractivity contribution in [2.75, 3.05) is 13.1 Å². The molecule has 2 fully saturated rings.